The van der Waals surface area contributed by atoms with Gasteiger partial charge < -0.3 is 11.5 Å². The van der Waals surface area contributed by atoms with Crippen LogP contribution in [0.1, 0.15) is 56.7 Å². The number of nitrogens with two attached hydrogens (primary N) is 2. The summed E-state index contributed by atoms with van der Waals surface area (Å²) in [5.74, 6) is 0.383. The molecule has 17 heavy (non-hydrogen) atoms. The number of hydrogen-bond donors (Lipinski definition) is 2. The Morgan fingerprint density at radius 1 is 1.24 bits per heavy atom. The van der Waals surface area contributed by atoms with Crippen molar-refractivity contribution in [3.8, 4) is 0 Å². The van der Waals surface area contributed by atoms with E-state index in [-0.39, 0.29) is 0 Å². The van der Waals surface area contributed by atoms with Crippen LogP contribution in [0.2, 0.25) is 5.15 Å². The lowest BCUT2D eigenvalue weighted by Gasteiger charge is -2.21. The number of hydrogen-bond acceptors (Lipinski definition) is 3. The molecule has 4 N–H and O–H groups in total. The molecule has 3 nitrogen and oxygen atoms in total. The summed E-state index contributed by atoms with van der Waals surface area (Å²) in [4.78, 5) is 4.15. The van der Waals surface area contributed by atoms with Crippen molar-refractivity contribution in [2.45, 2.75) is 52.4 Å². The zero-order valence-electron chi connectivity index (χ0n) is 10.9. The summed E-state index contributed by atoms with van der Waals surface area (Å²) >= 11 is 6.03. The van der Waals surface area contributed by atoms with Crippen LogP contribution < -0.4 is 11.5 Å². The fraction of sp³-hybridized carbons (Fsp3) is 0.615. The molecule has 0 fully saturated rings. The SMILES string of the molecule is CCCCC(CC)c1c(N)c(C)nc(Cl)c1N. The Bertz CT molecular complexity index is 364. The Balaban J connectivity index is 3.17. The molecule has 1 aromatic rings. The zero-order valence-corrected chi connectivity index (χ0v) is 11.6. The average Bonchev–Trinajstić information content (AvgIpc) is 2.31. The molecule has 0 radical (unpaired) electrons. The summed E-state index contributed by atoms with van der Waals surface area (Å²) < 4.78 is 0. The second kappa shape index (κ2) is 6.10. The predicted octanol–water partition coefficient (Wildman–Crippen LogP) is 3.89. The number of aromatic nitrogens is 1. The third-order valence-electron chi connectivity index (χ3n) is 3.27. The standard InChI is InChI=1S/C13H22ClN3/c1-4-6-7-9(5-2)10-11(15)8(3)17-13(14)12(10)16/h9H,4-7,15-16H2,1-3H3. The van der Waals surface area contributed by atoms with Crippen molar-refractivity contribution in [1.29, 1.82) is 0 Å². The molecular formula is C13H22ClN3. The first-order valence-electron chi connectivity index (χ1n) is 6.23. The van der Waals surface area contributed by atoms with Crippen molar-refractivity contribution in [3.05, 3.63) is 16.4 Å². The number of nitrogens with zero attached hydrogens (tertiary/aromatic N) is 1. The lowest BCUT2D eigenvalue weighted by Crippen LogP contribution is -2.10. The van der Waals surface area contributed by atoms with Crippen LogP contribution in [0.25, 0.3) is 0 Å². The van der Waals surface area contributed by atoms with Gasteiger partial charge in [-0.2, -0.15) is 0 Å². The van der Waals surface area contributed by atoms with Crippen LogP contribution in [-0.2, 0) is 0 Å². The highest BCUT2D eigenvalue weighted by Crippen LogP contribution is 2.38. The number of nitrogen functional groups attached to an aromatic ring is 2. The maximum atomic E-state index is 6.10. The minimum atomic E-state index is 0.377. The molecule has 0 saturated heterocycles. The summed E-state index contributed by atoms with van der Waals surface area (Å²) in [6, 6.07) is 0. The Labute approximate surface area is 109 Å². The van der Waals surface area contributed by atoms with E-state index < -0.39 is 0 Å². The van der Waals surface area contributed by atoms with Crippen molar-refractivity contribution >= 4 is 23.0 Å². The van der Waals surface area contributed by atoms with Gasteiger partial charge in [0.25, 0.3) is 0 Å². The molecule has 0 aliphatic heterocycles. The first-order chi connectivity index (χ1) is 8.02. The van der Waals surface area contributed by atoms with Gasteiger partial charge in [0.05, 0.1) is 17.1 Å². The number of unbranched alkanes of at least 4 members (excludes halogenated alkanes) is 1. The van der Waals surface area contributed by atoms with Gasteiger partial charge in [-0.25, -0.2) is 4.98 Å². The maximum Gasteiger partial charge on any atom is 0.152 e. The van der Waals surface area contributed by atoms with Crippen LogP contribution in [0.4, 0.5) is 11.4 Å². The van der Waals surface area contributed by atoms with E-state index in [1.165, 1.54) is 12.8 Å². The summed E-state index contributed by atoms with van der Waals surface area (Å²) in [6.45, 7) is 6.21. The van der Waals surface area contributed by atoms with Gasteiger partial charge in [-0.3, -0.25) is 0 Å². The van der Waals surface area contributed by atoms with Crippen molar-refractivity contribution in [3.63, 3.8) is 0 Å². The van der Waals surface area contributed by atoms with Gasteiger partial charge in [0.15, 0.2) is 5.15 Å². The largest absolute Gasteiger partial charge is 0.397 e. The molecule has 0 bridgehead atoms. The van der Waals surface area contributed by atoms with Gasteiger partial charge in [0.1, 0.15) is 0 Å². The number of aryl methyl sites for hydroxylation is 1. The smallest absolute Gasteiger partial charge is 0.152 e. The summed E-state index contributed by atoms with van der Waals surface area (Å²) in [5.41, 5.74) is 15.2. The van der Waals surface area contributed by atoms with E-state index >= 15 is 0 Å². The van der Waals surface area contributed by atoms with Crippen LogP contribution in [0.5, 0.6) is 0 Å². The van der Waals surface area contributed by atoms with Crippen molar-refractivity contribution in [1.82, 2.24) is 4.98 Å². The molecule has 0 saturated carbocycles. The summed E-state index contributed by atoms with van der Waals surface area (Å²) in [6.07, 6.45) is 4.47. The predicted molar refractivity (Wildman–Crippen MR) is 75.4 cm³/mol. The first kappa shape index (κ1) is 14.1. The van der Waals surface area contributed by atoms with E-state index in [4.69, 9.17) is 23.1 Å². The summed E-state index contributed by atoms with van der Waals surface area (Å²) in [7, 11) is 0. The second-order valence-electron chi connectivity index (χ2n) is 4.48. The monoisotopic (exact) mass is 255 g/mol. The zero-order chi connectivity index (χ0) is 13.0. The quantitative estimate of drug-likeness (QED) is 0.785. The minimum absolute atomic E-state index is 0.377. The maximum absolute atomic E-state index is 6.10. The Hall–Kier alpha value is -0.960. The molecule has 0 aliphatic carbocycles. The lowest BCUT2D eigenvalue weighted by molar-refractivity contribution is 0.571. The highest BCUT2D eigenvalue weighted by atomic mass is 35.5. The Kier molecular flexibility index (Phi) is 5.06. The molecule has 4 heteroatoms. The van der Waals surface area contributed by atoms with E-state index in [1.54, 1.807) is 0 Å². The van der Waals surface area contributed by atoms with Gasteiger partial charge in [-0.05, 0) is 25.7 Å². The fourth-order valence-electron chi connectivity index (χ4n) is 2.16. The number of rotatable bonds is 5. The Morgan fingerprint density at radius 3 is 2.41 bits per heavy atom. The fourth-order valence-corrected chi connectivity index (χ4v) is 2.39. The number of anilines is 2. The van der Waals surface area contributed by atoms with Gasteiger partial charge in [-0.15, -0.1) is 0 Å². The average molecular weight is 256 g/mol. The Morgan fingerprint density at radius 2 is 1.88 bits per heavy atom. The van der Waals surface area contributed by atoms with Crippen LogP contribution in [0.3, 0.4) is 0 Å². The molecule has 0 amide bonds. The lowest BCUT2D eigenvalue weighted by atomic mass is 9.89. The molecule has 0 spiro atoms. The molecule has 1 unspecified atom stereocenters. The van der Waals surface area contributed by atoms with Gasteiger partial charge in [-0.1, -0.05) is 38.3 Å². The molecule has 1 aromatic heterocycles. The van der Waals surface area contributed by atoms with Crippen molar-refractivity contribution in [2.24, 2.45) is 0 Å². The van der Waals surface area contributed by atoms with Crippen LogP contribution >= 0.6 is 11.6 Å². The number of halogens is 1. The highest BCUT2D eigenvalue weighted by molar-refractivity contribution is 6.32. The van der Waals surface area contributed by atoms with Gasteiger partial charge in [0.2, 0.25) is 0 Å². The van der Waals surface area contributed by atoms with Gasteiger partial charge >= 0.3 is 0 Å². The van der Waals surface area contributed by atoms with E-state index in [9.17, 15) is 0 Å². The van der Waals surface area contributed by atoms with E-state index in [0.29, 0.717) is 22.4 Å². The third kappa shape index (κ3) is 3.03. The van der Waals surface area contributed by atoms with Crippen molar-refractivity contribution < 1.29 is 0 Å². The van der Waals surface area contributed by atoms with E-state index in [0.717, 1.165) is 24.1 Å². The molecular weight excluding hydrogens is 234 g/mol. The third-order valence-corrected chi connectivity index (χ3v) is 3.55. The van der Waals surface area contributed by atoms with Crippen molar-refractivity contribution in [2.75, 3.05) is 11.5 Å². The number of pyridine rings is 1. The van der Waals surface area contributed by atoms with E-state index in [2.05, 4.69) is 18.8 Å². The molecule has 1 heterocycles. The molecule has 96 valence electrons. The van der Waals surface area contributed by atoms with Gasteiger partial charge in [0, 0.05) is 5.56 Å². The van der Waals surface area contributed by atoms with Crippen LogP contribution in [0, 0.1) is 6.92 Å². The normalized spacial score (nSPS) is 12.7. The molecule has 0 aliphatic rings. The van der Waals surface area contributed by atoms with Crippen LogP contribution in [0.15, 0.2) is 0 Å². The molecule has 0 aromatic carbocycles. The molecule has 1 atom stereocenters. The van der Waals surface area contributed by atoms with E-state index in [1.807, 2.05) is 6.92 Å². The summed E-state index contributed by atoms with van der Waals surface area (Å²) in [5, 5.41) is 0.377. The highest BCUT2D eigenvalue weighted by Gasteiger charge is 2.19. The van der Waals surface area contributed by atoms with Crippen LogP contribution in [-0.4, -0.2) is 4.98 Å². The minimum Gasteiger partial charge on any atom is -0.397 e. The topological polar surface area (TPSA) is 64.9 Å². The molecule has 1 rings (SSSR count). The second-order valence-corrected chi connectivity index (χ2v) is 4.83. The first-order valence-corrected chi connectivity index (χ1v) is 6.61.